The number of nitrogens with one attached hydrogen (secondary N) is 1. The second-order valence-electron chi connectivity index (χ2n) is 8.27. The smallest absolute Gasteiger partial charge is 0.272 e. The summed E-state index contributed by atoms with van der Waals surface area (Å²) in [6, 6.07) is 21.5. The maximum absolute atomic E-state index is 13.0. The summed E-state index contributed by atoms with van der Waals surface area (Å²) in [5.74, 6) is 1.47. The van der Waals surface area contributed by atoms with Gasteiger partial charge in [-0.05, 0) is 36.1 Å². The van der Waals surface area contributed by atoms with E-state index in [1.54, 1.807) is 6.07 Å². The number of hydrogen-bond acceptors (Lipinski definition) is 5. The SMILES string of the molecule is CC[C@@H](C)c1ccc(-c2cc(C(=O)N/N=C\c3ccc(N(C)C)o3)c3ccccc3n2)cc1. The number of para-hydroxylation sites is 1. The Kier molecular flexibility index (Phi) is 6.54. The lowest BCUT2D eigenvalue weighted by Crippen LogP contribution is -2.18. The molecule has 168 valence electrons. The van der Waals surface area contributed by atoms with Crippen molar-refractivity contribution in [2.24, 2.45) is 5.10 Å². The minimum Gasteiger partial charge on any atom is -0.440 e. The number of furan rings is 1. The molecule has 0 saturated carbocycles. The predicted molar refractivity (Wildman–Crippen MR) is 134 cm³/mol. The van der Waals surface area contributed by atoms with Crippen LogP contribution < -0.4 is 10.3 Å². The van der Waals surface area contributed by atoms with Crippen LogP contribution in [0.2, 0.25) is 0 Å². The molecule has 4 aromatic rings. The molecule has 0 spiro atoms. The summed E-state index contributed by atoms with van der Waals surface area (Å²) in [5.41, 5.74) is 6.91. The largest absolute Gasteiger partial charge is 0.440 e. The van der Waals surface area contributed by atoms with E-state index in [0.717, 1.165) is 28.6 Å². The number of aromatic nitrogens is 1. The highest BCUT2D eigenvalue weighted by atomic mass is 16.4. The van der Waals surface area contributed by atoms with Crippen molar-refractivity contribution in [3.63, 3.8) is 0 Å². The van der Waals surface area contributed by atoms with Gasteiger partial charge in [-0.3, -0.25) is 4.79 Å². The van der Waals surface area contributed by atoms with E-state index in [1.807, 2.05) is 55.4 Å². The maximum Gasteiger partial charge on any atom is 0.272 e. The number of carbonyl (C=O) groups excluding carboxylic acids is 1. The molecule has 6 nitrogen and oxygen atoms in total. The molecular formula is C27H28N4O2. The van der Waals surface area contributed by atoms with Gasteiger partial charge in [0.2, 0.25) is 0 Å². The lowest BCUT2D eigenvalue weighted by atomic mass is 9.96. The highest BCUT2D eigenvalue weighted by Crippen LogP contribution is 2.27. The summed E-state index contributed by atoms with van der Waals surface area (Å²) in [5, 5.41) is 4.86. The summed E-state index contributed by atoms with van der Waals surface area (Å²) in [7, 11) is 3.79. The number of carbonyl (C=O) groups is 1. The lowest BCUT2D eigenvalue weighted by molar-refractivity contribution is 0.0956. The molecule has 0 aliphatic heterocycles. The van der Waals surface area contributed by atoms with E-state index in [4.69, 9.17) is 9.40 Å². The van der Waals surface area contributed by atoms with Gasteiger partial charge in [0.1, 0.15) is 5.76 Å². The Labute approximate surface area is 193 Å². The second kappa shape index (κ2) is 9.69. The number of hydrazone groups is 1. The predicted octanol–water partition coefficient (Wildman–Crippen LogP) is 5.84. The van der Waals surface area contributed by atoms with Crippen LogP contribution in [0.5, 0.6) is 0 Å². The standard InChI is InChI=1S/C27H28N4O2/c1-5-18(2)19-10-12-20(13-11-19)25-16-23(22-8-6-7-9-24(22)29-25)27(32)30-28-17-21-14-15-26(33-21)31(3)4/h6-18H,5H2,1-4H3,(H,30,32)/b28-17-/t18-/m1/s1. The average molecular weight is 441 g/mol. The van der Waals surface area contributed by atoms with Gasteiger partial charge in [0.25, 0.3) is 5.91 Å². The number of rotatable bonds is 7. The van der Waals surface area contributed by atoms with Crippen LogP contribution in [0.1, 0.15) is 47.9 Å². The molecule has 33 heavy (non-hydrogen) atoms. The van der Waals surface area contributed by atoms with Crippen molar-refractivity contribution in [1.82, 2.24) is 10.4 Å². The van der Waals surface area contributed by atoms with E-state index in [0.29, 0.717) is 23.1 Å². The molecular weight excluding hydrogens is 412 g/mol. The van der Waals surface area contributed by atoms with Crippen molar-refractivity contribution in [3.8, 4) is 11.3 Å². The summed E-state index contributed by atoms with van der Waals surface area (Å²) >= 11 is 0. The molecule has 2 heterocycles. The van der Waals surface area contributed by atoms with Crippen molar-refractivity contribution >= 4 is 28.9 Å². The van der Waals surface area contributed by atoms with Crippen LogP contribution in [-0.2, 0) is 0 Å². The fourth-order valence-corrected chi connectivity index (χ4v) is 3.60. The fraction of sp³-hybridized carbons (Fsp3) is 0.222. The van der Waals surface area contributed by atoms with Crippen molar-refractivity contribution in [3.05, 3.63) is 83.6 Å². The van der Waals surface area contributed by atoms with E-state index < -0.39 is 0 Å². The maximum atomic E-state index is 13.0. The highest BCUT2D eigenvalue weighted by molar-refractivity contribution is 6.07. The Hall–Kier alpha value is -3.93. The summed E-state index contributed by atoms with van der Waals surface area (Å²) in [6.45, 7) is 4.40. The van der Waals surface area contributed by atoms with Gasteiger partial charge in [0.05, 0.1) is 23.0 Å². The van der Waals surface area contributed by atoms with Gasteiger partial charge in [-0.2, -0.15) is 5.10 Å². The monoisotopic (exact) mass is 440 g/mol. The van der Waals surface area contributed by atoms with Crippen LogP contribution in [0, 0.1) is 0 Å². The third-order valence-corrected chi connectivity index (χ3v) is 5.76. The van der Waals surface area contributed by atoms with Gasteiger partial charge in [-0.15, -0.1) is 0 Å². The third kappa shape index (κ3) is 4.95. The topological polar surface area (TPSA) is 70.7 Å². The van der Waals surface area contributed by atoms with Crippen LogP contribution in [0.4, 0.5) is 5.88 Å². The quantitative estimate of drug-likeness (QED) is 0.290. The van der Waals surface area contributed by atoms with E-state index in [1.165, 1.54) is 11.8 Å². The first kappa shape index (κ1) is 22.3. The molecule has 0 bridgehead atoms. The summed E-state index contributed by atoms with van der Waals surface area (Å²) < 4.78 is 5.63. The molecule has 1 atom stereocenters. The molecule has 0 saturated heterocycles. The number of anilines is 1. The average Bonchev–Trinajstić information content (AvgIpc) is 3.32. The molecule has 2 aromatic heterocycles. The molecule has 0 unspecified atom stereocenters. The van der Waals surface area contributed by atoms with E-state index in [-0.39, 0.29) is 5.91 Å². The Bertz CT molecular complexity index is 1290. The number of benzene rings is 2. The van der Waals surface area contributed by atoms with Gasteiger partial charge in [0, 0.05) is 31.1 Å². The number of fused-ring (bicyclic) bond motifs is 1. The number of nitrogens with zero attached hydrogens (tertiary/aromatic N) is 3. The van der Waals surface area contributed by atoms with Gasteiger partial charge in [-0.1, -0.05) is 56.3 Å². The first-order chi connectivity index (χ1) is 16.0. The molecule has 1 amide bonds. The second-order valence-corrected chi connectivity index (χ2v) is 8.27. The molecule has 6 heteroatoms. The fourth-order valence-electron chi connectivity index (χ4n) is 3.60. The lowest BCUT2D eigenvalue weighted by Gasteiger charge is -2.11. The number of hydrogen-bond donors (Lipinski definition) is 1. The normalized spacial score (nSPS) is 12.2. The van der Waals surface area contributed by atoms with Crippen molar-refractivity contribution in [2.45, 2.75) is 26.2 Å². The number of pyridine rings is 1. The minimum absolute atomic E-state index is 0.304. The van der Waals surface area contributed by atoms with Crippen molar-refractivity contribution in [1.29, 1.82) is 0 Å². The molecule has 0 radical (unpaired) electrons. The van der Waals surface area contributed by atoms with Gasteiger partial charge >= 0.3 is 0 Å². The van der Waals surface area contributed by atoms with Gasteiger partial charge < -0.3 is 9.32 Å². The van der Waals surface area contributed by atoms with Crippen LogP contribution >= 0.6 is 0 Å². The molecule has 0 aliphatic rings. The zero-order valence-electron chi connectivity index (χ0n) is 19.4. The zero-order chi connectivity index (χ0) is 23.4. The van der Waals surface area contributed by atoms with Crippen molar-refractivity contribution < 1.29 is 9.21 Å². The Morgan fingerprint density at radius 3 is 2.58 bits per heavy atom. The van der Waals surface area contributed by atoms with Crippen molar-refractivity contribution in [2.75, 3.05) is 19.0 Å². The van der Waals surface area contributed by atoms with E-state index in [2.05, 4.69) is 48.6 Å². The molecule has 0 aliphatic carbocycles. The molecule has 2 aromatic carbocycles. The molecule has 1 N–H and O–H groups in total. The van der Waals surface area contributed by atoms with E-state index in [9.17, 15) is 4.79 Å². The van der Waals surface area contributed by atoms with E-state index >= 15 is 0 Å². The van der Waals surface area contributed by atoms with Crippen LogP contribution in [0.25, 0.3) is 22.2 Å². The van der Waals surface area contributed by atoms with Crippen LogP contribution in [-0.4, -0.2) is 31.2 Å². The number of amides is 1. The third-order valence-electron chi connectivity index (χ3n) is 5.76. The zero-order valence-corrected chi connectivity index (χ0v) is 19.4. The highest BCUT2D eigenvalue weighted by Gasteiger charge is 2.14. The summed E-state index contributed by atoms with van der Waals surface area (Å²) in [6.07, 6.45) is 2.58. The molecule has 4 rings (SSSR count). The summed E-state index contributed by atoms with van der Waals surface area (Å²) in [4.78, 5) is 19.7. The Balaban J connectivity index is 1.62. The first-order valence-corrected chi connectivity index (χ1v) is 11.1. The first-order valence-electron chi connectivity index (χ1n) is 11.1. The van der Waals surface area contributed by atoms with Gasteiger partial charge in [0.15, 0.2) is 5.88 Å². The Morgan fingerprint density at radius 1 is 1.12 bits per heavy atom. The molecule has 0 fully saturated rings. The van der Waals surface area contributed by atoms with Gasteiger partial charge in [-0.25, -0.2) is 10.4 Å². The minimum atomic E-state index is -0.304. The van der Waals surface area contributed by atoms with Crippen LogP contribution in [0.3, 0.4) is 0 Å². The van der Waals surface area contributed by atoms with Crippen LogP contribution in [0.15, 0.2) is 76.2 Å². The Morgan fingerprint density at radius 2 is 1.88 bits per heavy atom.